The Hall–Kier alpha value is -0.0100. The highest BCUT2D eigenvalue weighted by Crippen LogP contribution is 1.97. The largest absolute Gasteiger partial charge is 0.276 e. The molecular weight excluding hydrogens is 135 g/mol. The molecule has 0 aromatic heterocycles. The monoisotopic (exact) mass is 138 g/mol. The number of alkyl halides is 1. The third-order valence-electron chi connectivity index (χ3n) is 0.439. The average Bonchev–Trinajstić information content (AvgIpc) is 1.65. The SMILES string of the molecule is C=C(CCl)C(=O)Cl. The number of allylic oxidation sites excluding steroid dienone is 1. The van der Waals surface area contributed by atoms with Gasteiger partial charge < -0.3 is 0 Å². The lowest BCUT2D eigenvalue weighted by Crippen LogP contribution is -1.90. The van der Waals surface area contributed by atoms with E-state index in [1.807, 2.05) is 0 Å². The molecule has 0 aliphatic carbocycles. The van der Waals surface area contributed by atoms with E-state index in [1.54, 1.807) is 0 Å². The van der Waals surface area contributed by atoms with E-state index >= 15 is 0 Å². The molecule has 0 aromatic carbocycles. The summed E-state index contributed by atoms with van der Waals surface area (Å²) in [4.78, 5) is 9.96. The number of rotatable bonds is 2. The fraction of sp³-hybridized carbons (Fsp3) is 0.250. The molecule has 0 N–H and O–H groups in total. The van der Waals surface area contributed by atoms with Crippen LogP contribution in [-0.2, 0) is 4.79 Å². The zero-order valence-electron chi connectivity index (χ0n) is 3.58. The van der Waals surface area contributed by atoms with Crippen molar-refractivity contribution in [2.45, 2.75) is 0 Å². The van der Waals surface area contributed by atoms with E-state index in [0.717, 1.165) is 0 Å². The van der Waals surface area contributed by atoms with Crippen molar-refractivity contribution < 1.29 is 4.79 Å². The second kappa shape index (κ2) is 3.05. The normalized spacial score (nSPS) is 8.29. The smallest absolute Gasteiger partial charge is 0.248 e. The molecule has 3 heteroatoms. The minimum absolute atomic E-state index is 0.113. The molecule has 1 nitrogen and oxygen atoms in total. The van der Waals surface area contributed by atoms with Gasteiger partial charge in [0.15, 0.2) is 0 Å². The van der Waals surface area contributed by atoms with E-state index in [0.29, 0.717) is 0 Å². The van der Waals surface area contributed by atoms with E-state index < -0.39 is 5.24 Å². The van der Waals surface area contributed by atoms with Gasteiger partial charge in [-0.25, -0.2) is 0 Å². The van der Waals surface area contributed by atoms with Gasteiger partial charge in [-0.05, 0) is 11.6 Å². The molecule has 0 rings (SSSR count). The Kier molecular flexibility index (Phi) is 3.05. The van der Waals surface area contributed by atoms with Gasteiger partial charge >= 0.3 is 0 Å². The van der Waals surface area contributed by atoms with Gasteiger partial charge in [-0.1, -0.05) is 6.58 Å². The molecule has 0 saturated heterocycles. The summed E-state index contributed by atoms with van der Waals surface area (Å²) in [5, 5.41) is -0.560. The predicted octanol–water partition coefficient (Wildman–Crippen LogP) is 1.55. The first-order valence-corrected chi connectivity index (χ1v) is 2.53. The van der Waals surface area contributed by atoms with Crippen LogP contribution in [0.5, 0.6) is 0 Å². The number of carbonyl (C=O) groups excluding carboxylic acids is 1. The molecular formula is C4H4Cl2O. The van der Waals surface area contributed by atoms with E-state index in [9.17, 15) is 4.79 Å². The molecule has 0 unspecified atom stereocenters. The minimum Gasteiger partial charge on any atom is -0.276 e. The van der Waals surface area contributed by atoms with Gasteiger partial charge in [0.05, 0.1) is 5.88 Å². The molecule has 0 bridgehead atoms. The standard InChI is InChI=1S/C4H4Cl2O/c1-3(2-5)4(6)7/h1-2H2. The second-order valence-corrected chi connectivity index (χ2v) is 1.62. The fourth-order valence-electron chi connectivity index (χ4n) is 0.0525. The number of hydrogen-bond acceptors (Lipinski definition) is 1. The highest BCUT2D eigenvalue weighted by molar-refractivity contribution is 6.68. The Morgan fingerprint density at radius 3 is 2.14 bits per heavy atom. The van der Waals surface area contributed by atoms with Crippen LogP contribution in [0.2, 0.25) is 0 Å². The molecule has 0 radical (unpaired) electrons. The summed E-state index contributed by atoms with van der Waals surface area (Å²) in [7, 11) is 0. The zero-order chi connectivity index (χ0) is 5.86. The van der Waals surface area contributed by atoms with E-state index in [4.69, 9.17) is 23.2 Å². The van der Waals surface area contributed by atoms with E-state index in [-0.39, 0.29) is 11.5 Å². The maximum absolute atomic E-state index is 9.96. The van der Waals surface area contributed by atoms with Crippen molar-refractivity contribution in [2.75, 3.05) is 5.88 Å². The first kappa shape index (κ1) is 6.99. The summed E-state index contributed by atoms with van der Waals surface area (Å²) in [5.41, 5.74) is 0.239. The topological polar surface area (TPSA) is 17.1 Å². The maximum atomic E-state index is 9.96. The molecule has 0 heterocycles. The summed E-state index contributed by atoms with van der Waals surface area (Å²) in [6.45, 7) is 3.26. The Bertz CT molecular complexity index is 97.9. The van der Waals surface area contributed by atoms with Crippen molar-refractivity contribution in [3.63, 3.8) is 0 Å². The lowest BCUT2D eigenvalue weighted by Gasteiger charge is -1.84. The Balaban J connectivity index is 3.58. The van der Waals surface area contributed by atoms with Crippen LogP contribution in [0, 0.1) is 0 Å². The molecule has 0 aliphatic heterocycles. The van der Waals surface area contributed by atoms with Crippen molar-refractivity contribution in [3.05, 3.63) is 12.2 Å². The van der Waals surface area contributed by atoms with Crippen LogP contribution < -0.4 is 0 Å². The van der Waals surface area contributed by atoms with E-state index in [1.165, 1.54) is 0 Å². The Labute approximate surface area is 51.9 Å². The molecule has 0 aliphatic rings. The highest BCUT2D eigenvalue weighted by atomic mass is 35.5. The average molecular weight is 139 g/mol. The molecule has 0 saturated carbocycles. The molecule has 0 aromatic rings. The summed E-state index contributed by atoms with van der Waals surface area (Å²) >= 11 is 10.0. The molecule has 40 valence electrons. The van der Waals surface area contributed by atoms with E-state index in [2.05, 4.69) is 6.58 Å². The van der Waals surface area contributed by atoms with Crippen LogP contribution in [0.25, 0.3) is 0 Å². The van der Waals surface area contributed by atoms with Crippen molar-refractivity contribution in [1.82, 2.24) is 0 Å². The number of halogens is 2. The van der Waals surface area contributed by atoms with Gasteiger partial charge in [0.1, 0.15) is 0 Å². The van der Waals surface area contributed by atoms with Gasteiger partial charge in [0, 0.05) is 5.57 Å². The Morgan fingerprint density at radius 1 is 1.71 bits per heavy atom. The first-order valence-electron chi connectivity index (χ1n) is 1.62. The third-order valence-corrected chi connectivity index (χ3v) is 1.03. The molecule has 0 atom stereocenters. The lowest BCUT2D eigenvalue weighted by atomic mass is 10.4. The fourth-order valence-corrected chi connectivity index (χ4v) is 0.309. The van der Waals surface area contributed by atoms with Gasteiger partial charge in [0.2, 0.25) is 5.24 Å². The summed E-state index contributed by atoms with van der Waals surface area (Å²) in [6, 6.07) is 0. The quantitative estimate of drug-likeness (QED) is 0.322. The van der Waals surface area contributed by atoms with Crippen molar-refractivity contribution in [2.24, 2.45) is 0 Å². The van der Waals surface area contributed by atoms with Crippen molar-refractivity contribution in [1.29, 1.82) is 0 Å². The molecule has 0 fully saturated rings. The minimum atomic E-state index is -0.560. The second-order valence-electron chi connectivity index (χ2n) is 1.01. The summed E-state index contributed by atoms with van der Waals surface area (Å²) in [5.74, 6) is 0.113. The summed E-state index contributed by atoms with van der Waals surface area (Å²) in [6.07, 6.45) is 0. The zero-order valence-corrected chi connectivity index (χ0v) is 5.09. The van der Waals surface area contributed by atoms with Gasteiger partial charge in [-0.3, -0.25) is 4.79 Å². The van der Waals surface area contributed by atoms with Crippen LogP contribution >= 0.6 is 23.2 Å². The first-order chi connectivity index (χ1) is 3.18. The predicted molar refractivity (Wildman–Crippen MR) is 30.7 cm³/mol. The van der Waals surface area contributed by atoms with Crippen LogP contribution in [0.1, 0.15) is 0 Å². The van der Waals surface area contributed by atoms with Gasteiger partial charge in [-0.15, -0.1) is 11.6 Å². The molecule has 0 spiro atoms. The third kappa shape index (κ3) is 2.66. The highest BCUT2D eigenvalue weighted by Gasteiger charge is 1.97. The maximum Gasteiger partial charge on any atom is 0.248 e. The van der Waals surface area contributed by atoms with Crippen LogP contribution in [0.15, 0.2) is 12.2 Å². The molecule has 0 amide bonds. The lowest BCUT2D eigenvalue weighted by molar-refractivity contribution is -0.108. The number of hydrogen-bond donors (Lipinski definition) is 0. The molecule has 7 heavy (non-hydrogen) atoms. The van der Waals surface area contributed by atoms with Crippen LogP contribution in [0.4, 0.5) is 0 Å². The van der Waals surface area contributed by atoms with Gasteiger partial charge in [0.25, 0.3) is 0 Å². The van der Waals surface area contributed by atoms with Crippen LogP contribution in [0.3, 0.4) is 0 Å². The van der Waals surface area contributed by atoms with Crippen LogP contribution in [-0.4, -0.2) is 11.1 Å². The van der Waals surface area contributed by atoms with Crippen molar-refractivity contribution >= 4 is 28.4 Å². The summed E-state index contributed by atoms with van der Waals surface area (Å²) < 4.78 is 0. The van der Waals surface area contributed by atoms with Gasteiger partial charge in [-0.2, -0.15) is 0 Å². The Morgan fingerprint density at radius 2 is 2.14 bits per heavy atom. The number of carbonyl (C=O) groups is 1. The van der Waals surface area contributed by atoms with Crippen molar-refractivity contribution in [3.8, 4) is 0 Å².